The molecule has 4 heteroatoms. The summed E-state index contributed by atoms with van der Waals surface area (Å²) >= 11 is 0. The summed E-state index contributed by atoms with van der Waals surface area (Å²) in [6.45, 7) is 8.74. The molecule has 0 aromatic heterocycles. The Morgan fingerprint density at radius 2 is 2.09 bits per heavy atom. The second-order valence-corrected chi connectivity index (χ2v) is 6.10. The summed E-state index contributed by atoms with van der Waals surface area (Å²) in [6.07, 6.45) is 3.43. The molecule has 2 N–H and O–H groups in total. The van der Waals surface area contributed by atoms with E-state index in [9.17, 15) is 0 Å². The minimum absolute atomic E-state index is 0.463. The number of aliphatic imine (C=N–C) groups is 1. The van der Waals surface area contributed by atoms with Gasteiger partial charge < -0.3 is 10.6 Å². The van der Waals surface area contributed by atoms with Gasteiger partial charge in [-0.05, 0) is 37.3 Å². The lowest BCUT2D eigenvalue weighted by Crippen LogP contribution is -2.43. The van der Waals surface area contributed by atoms with Crippen LogP contribution in [0.4, 0.5) is 0 Å². The first-order valence-corrected chi connectivity index (χ1v) is 8.49. The lowest BCUT2D eigenvalue weighted by atomic mass is 10.00. The molecule has 0 saturated carbocycles. The molecule has 2 rings (SSSR count). The summed E-state index contributed by atoms with van der Waals surface area (Å²) in [4.78, 5) is 6.82. The van der Waals surface area contributed by atoms with Crippen molar-refractivity contribution in [2.24, 2.45) is 4.99 Å². The van der Waals surface area contributed by atoms with E-state index in [1.165, 1.54) is 24.1 Å². The average Bonchev–Trinajstić information content (AvgIpc) is 2.57. The zero-order chi connectivity index (χ0) is 15.8. The second kappa shape index (κ2) is 8.79. The standard InChI is InChI=1S/C18H30N4/c1-4-15(2)21-18(19-3)20-11-7-12-22-13-10-16-8-5-6-9-17(16)14-22/h5-6,8-9,15H,4,7,10-14H2,1-3H3,(H2,19,20,21). The summed E-state index contributed by atoms with van der Waals surface area (Å²) in [5.41, 5.74) is 3.02. The van der Waals surface area contributed by atoms with Crippen molar-refractivity contribution < 1.29 is 0 Å². The summed E-state index contributed by atoms with van der Waals surface area (Å²) in [6, 6.07) is 9.28. The molecular formula is C18H30N4. The summed E-state index contributed by atoms with van der Waals surface area (Å²) in [7, 11) is 1.83. The van der Waals surface area contributed by atoms with E-state index in [4.69, 9.17) is 0 Å². The van der Waals surface area contributed by atoms with Crippen molar-refractivity contribution in [1.29, 1.82) is 0 Å². The molecule has 1 aliphatic rings. The summed E-state index contributed by atoms with van der Waals surface area (Å²) < 4.78 is 0. The molecule has 1 aliphatic heterocycles. The normalized spacial score (nSPS) is 17.0. The number of benzene rings is 1. The van der Waals surface area contributed by atoms with Crippen LogP contribution in [-0.4, -0.2) is 43.6 Å². The Morgan fingerprint density at radius 1 is 1.32 bits per heavy atom. The second-order valence-electron chi connectivity index (χ2n) is 6.10. The third-order valence-corrected chi connectivity index (χ3v) is 4.37. The van der Waals surface area contributed by atoms with Gasteiger partial charge in [0, 0.05) is 39.3 Å². The SMILES string of the molecule is CCC(C)NC(=NC)NCCCN1CCc2ccccc2C1. The Morgan fingerprint density at radius 3 is 2.82 bits per heavy atom. The van der Waals surface area contributed by atoms with Gasteiger partial charge in [0.05, 0.1) is 0 Å². The van der Waals surface area contributed by atoms with Gasteiger partial charge in [0.25, 0.3) is 0 Å². The van der Waals surface area contributed by atoms with Crippen LogP contribution >= 0.6 is 0 Å². The van der Waals surface area contributed by atoms with Crippen molar-refractivity contribution in [2.45, 2.75) is 45.7 Å². The highest BCUT2D eigenvalue weighted by Gasteiger charge is 2.14. The quantitative estimate of drug-likeness (QED) is 0.481. The van der Waals surface area contributed by atoms with E-state index in [-0.39, 0.29) is 0 Å². The van der Waals surface area contributed by atoms with E-state index in [0.29, 0.717) is 6.04 Å². The molecule has 0 fully saturated rings. The van der Waals surface area contributed by atoms with Crippen molar-refractivity contribution in [3.05, 3.63) is 35.4 Å². The van der Waals surface area contributed by atoms with E-state index in [2.05, 4.69) is 58.6 Å². The lowest BCUT2D eigenvalue weighted by molar-refractivity contribution is 0.251. The number of fused-ring (bicyclic) bond motifs is 1. The topological polar surface area (TPSA) is 39.7 Å². The highest BCUT2D eigenvalue weighted by Crippen LogP contribution is 2.18. The van der Waals surface area contributed by atoms with Gasteiger partial charge in [0.15, 0.2) is 5.96 Å². The minimum atomic E-state index is 0.463. The summed E-state index contributed by atoms with van der Waals surface area (Å²) in [5.74, 6) is 0.915. The molecule has 0 bridgehead atoms. The van der Waals surface area contributed by atoms with Gasteiger partial charge in [-0.25, -0.2) is 0 Å². The fourth-order valence-corrected chi connectivity index (χ4v) is 2.78. The Hall–Kier alpha value is -1.55. The van der Waals surface area contributed by atoms with Crippen molar-refractivity contribution in [3.8, 4) is 0 Å². The monoisotopic (exact) mass is 302 g/mol. The van der Waals surface area contributed by atoms with Gasteiger partial charge in [-0.2, -0.15) is 0 Å². The third-order valence-electron chi connectivity index (χ3n) is 4.37. The molecule has 0 radical (unpaired) electrons. The van der Waals surface area contributed by atoms with E-state index in [0.717, 1.165) is 38.4 Å². The van der Waals surface area contributed by atoms with Crippen LogP contribution in [-0.2, 0) is 13.0 Å². The van der Waals surface area contributed by atoms with Crippen LogP contribution in [0.5, 0.6) is 0 Å². The zero-order valence-electron chi connectivity index (χ0n) is 14.2. The van der Waals surface area contributed by atoms with Crippen LogP contribution < -0.4 is 10.6 Å². The summed E-state index contributed by atoms with van der Waals surface area (Å²) in [5, 5.41) is 6.80. The van der Waals surface area contributed by atoms with Crippen LogP contribution in [0.15, 0.2) is 29.3 Å². The van der Waals surface area contributed by atoms with Crippen LogP contribution in [0.2, 0.25) is 0 Å². The molecule has 1 aromatic rings. The molecule has 0 amide bonds. The molecule has 1 atom stereocenters. The Bertz CT molecular complexity index is 484. The van der Waals surface area contributed by atoms with Crippen molar-refractivity contribution in [1.82, 2.24) is 15.5 Å². The molecular weight excluding hydrogens is 272 g/mol. The maximum Gasteiger partial charge on any atom is 0.191 e. The molecule has 22 heavy (non-hydrogen) atoms. The first-order chi connectivity index (χ1) is 10.7. The molecule has 4 nitrogen and oxygen atoms in total. The Kier molecular flexibility index (Phi) is 6.72. The number of guanidine groups is 1. The van der Waals surface area contributed by atoms with Gasteiger partial charge in [-0.15, -0.1) is 0 Å². The Labute approximate surface area is 135 Å². The number of nitrogens with zero attached hydrogens (tertiary/aromatic N) is 2. The zero-order valence-corrected chi connectivity index (χ0v) is 14.2. The van der Waals surface area contributed by atoms with Gasteiger partial charge in [-0.3, -0.25) is 9.89 Å². The molecule has 122 valence electrons. The predicted octanol–water partition coefficient (Wildman–Crippen LogP) is 2.40. The molecule has 0 spiro atoms. The van der Waals surface area contributed by atoms with Crippen LogP contribution in [0.1, 0.15) is 37.8 Å². The fraction of sp³-hybridized carbons (Fsp3) is 0.611. The average molecular weight is 302 g/mol. The van der Waals surface area contributed by atoms with Gasteiger partial charge in [0.1, 0.15) is 0 Å². The maximum absolute atomic E-state index is 4.27. The third kappa shape index (κ3) is 5.02. The highest BCUT2D eigenvalue weighted by atomic mass is 15.2. The predicted molar refractivity (Wildman–Crippen MR) is 94.3 cm³/mol. The van der Waals surface area contributed by atoms with E-state index in [1.807, 2.05) is 7.05 Å². The van der Waals surface area contributed by atoms with Crippen LogP contribution in [0.25, 0.3) is 0 Å². The minimum Gasteiger partial charge on any atom is -0.356 e. The smallest absolute Gasteiger partial charge is 0.191 e. The van der Waals surface area contributed by atoms with E-state index < -0.39 is 0 Å². The number of hydrogen-bond donors (Lipinski definition) is 2. The van der Waals surface area contributed by atoms with Gasteiger partial charge in [0.2, 0.25) is 0 Å². The van der Waals surface area contributed by atoms with Crippen LogP contribution in [0, 0.1) is 0 Å². The lowest BCUT2D eigenvalue weighted by Gasteiger charge is -2.28. The van der Waals surface area contributed by atoms with Crippen LogP contribution in [0.3, 0.4) is 0 Å². The van der Waals surface area contributed by atoms with Gasteiger partial charge >= 0.3 is 0 Å². The molecule has 1 aromatic carbocycles. The number of nitrogens with one attached hydrogen (secondary N) is 2. The van der Waals surface area contributed by atoms with Crippen molar-refractivity contribution in [3.63, 3.8) is 0 Å². The molecule has 1 heterocycles. The van der Waals surface area contributed by atoms with Gasteiger partial charge in [-0.1, -0.05) is 31.2 Å². The molecule has 0 saturated heterocycles. The van der Waals surface area contributed by atoms with Crippen molar-refractivity contribution >= 4 is 5.96 Å². The fourth-order valence-electron chi connectivity index (χ4n) is 2.78. The first-order valence-electron chi connectivity index (χ1n) is 8.49. The first kappa shape index (κ1) is 16.8. The molecule has 1 unspecified atom stereocenters. The highest BCUT2D eigenvalue weighted by molar-refractivity contribution is 5.79. The van der Waals surface area contributed by atoms with E-state index in [1.54, 1.807) is 0 Å². The largest absolute Gasteiger partial charge is 0.356 e. The molecule has 0 aliphatic carbocycles. The van der Waals surface area contributed by atoms with E-state index >= 15 is 0 Å². The number of rotatable bonds is 6. The van der Waals surface area contributed by atoms with Crippen molar-refractivity contribution in [2.75, 3.05) is 26.7 Å². The number of hydrogen-bond acceptors (Lipinski definition) is 2. The Balaban J connectivity index is 1.67. The maximum atomic E-state index is 4.27.